The molecule has 4 rings (SSSR count). The summed E-state index contributed by atoms with van der Waals surface area (Å²) in [6.45, 7) is 2.13. The zero-order valence-electron chi connectivity index (χ0n) is 12.5. The smallest absolute Gasteiger partial charge is 0.234 e. The number of nitrogens with zero attached hydrogens (tertiary/aromatic N) is 5. The molecule has 5 nitrogen and oxygen atoms in total. The minimum absolute atomic E-state index is 0.369. The lowest BCUT2D eigenvalue weighted by Crippen LogP contribution is -2.31. The summed E-state index contributed by atoms with van der Waals surface area (Å²) < 4.78 is 1.86. The largest absolute Gasteiger partial charge is 0.306 e. The van der Waals surface area contributed by atoms with Crippen LogP contribution in [0.3, 0.4) is 0 Å². The molecule has 0 amide bonds. The van der Waals surface area contributed by atoms with Gasteiger partial charge in [0.2, 0.25) is 4.96 Å². The minimum atomic E-state index is 0.369. The van der Waals surface area contributed by atoms with E-state index in [9.17, 15) is 0 Å². The third-order valence-electron chi connectivity index (χ3n) is 4.16. The Balaban J connectivity index is 1.76. The second kappa shape index (κ2) is 6.02. The molecule has 1 unspecified atom stereocenters. The monoisotopic (exact) mass is 367 g/mol. The molecule has 2 aromatic heterocycles. The molecule has 1 aliphatic heterocycles. The Kier molecular flexibility index (Phi) is 4.01. The topological polar surface area (TPSA) is 46.3 Å². The van der Waals surface area contributed by atoms with E-state index in [1.807, 2.05) is 10.6 Å². The molecular formula is C15H15Cl2N5S. The lowest BCUT2D eigenvalue weighted by atomic mass is 9.98. The van der Waals surface area contributed by atoms with Crippen LogP contribution in [0.25, 0.3) is 15.5 Å². The highest BCUT2D eigenvalue weighted by Crippen LogP contribution is 2.34. The molecular weight excluding hydrogens is 353 g/mol. The fourth-order valence-corrected chi connectivity index (χ4v) is 4.35. The zero-order chi connectivity index (χ0) is 16.0. The van der Waals surface area contributed by atoms with Crippen molar-refractivity contribution in [2.24, 2.45) is 0 Å². The van der Waals surface area contributed by atoms with E-state index in [0.29, 0.717) is 16.0 Å². The first-order valence-electron chi connectivity index (χ1n) is 7.48. The summed E-state index contributed by atoms with van der Waals surface area (Å²) in [7, 11) is 2.14. The Hall–Kier alpha value is -1.21. The van der Waals surface area contributed by atoms with Crippen molar-refractivity contribution in [3.8, 4) is 10.6 Å². The highest BCUT2D eigenvalue weighted by molar-refractivity contribution is 7.19. The van der Waals surface area contributed by atoms with Gasteiger partial charge in [0.15, 0.2) is 5.82 Å². The van der Waals surface area contributed by atoms with E-state index in [1.54, 1.807) is 12.1 Å². The molecule has 0 aliphatic carbocycles. The van der Waals surface area contributed by atoms with Crippen LogP contribution in [0.15, 0.2) is 18.2 Å². The highest BCUT2D eigenvalue weighted by atomic mass is 35.5. The van der Waals surface area contributed by atoms with Crippen molar-refractivity contribution in [1.82, 2.24) is 24.7 Å². The maximum Gasteiger partial charge on any atom is 0.234 e. The summed E-state index contributed by atoms with van der Waals surface area (Å²) in [5, 5.41) is 15.4. The molecule has 0 saturated carbocycles. The quantitative estimate of drug-likeness (QED) is 0.687. The normalized spacial score (nSPS) is 19.5. The first-order chi connectivity index (χ1) is 11.1. The molecule has 23 heavy (non-hydrogen) atoms. The summed E-state index contributed by atoms with van der Waals surface area (Å²) >= 11 is 13.9. The molecule has 1 fully saturated rings. The number of likely N-dealkylation sites (N-methyl/N-ethyl adjacent to an activating group) is 1. The van der Waals surface area contributed by atoms with Gasteiger partial charge in [-0.15, -0.1) is 10.2 Å². The number of halogens is 2. The van der Waals surface area contributed by atoms with Crippen molar-refractivity contribution in [3.63, 3.8) is 0 Å². The first-order valence-corrected chi connectivity index (χ1v) is 9.05. The van der Waals surface area contributed by atoms with Gasteiger partial charge >= 0.3 is 0 Å². The number of rotatable bonds is 2. The van der Waals surface area contributed by atoms with Gasteiger partial charge in [-0.3, -0.25) is 0 Å². The minimum Gasteiger partial charge on any atom is -0.306 e. The van der Waals surface area contributed by atoms with Crippen molar-refractivity contribution >= 4 is 39.5 Å². The second-order valence-electron chi connectivity index (χ2n) is 5.89. The Morgan fingerprint density at radius 1 is 1.26 bits per heavy atom. The lowest BCUT2D eigenvalue weighted by molar-refractivity contribution is 0.244. The average Bonchev–Trinajstić information content (AvgIpc) is 3.09. The van der Waals surface area contributed by atoms with Gasteiger partial charge in [-0.05, 0) is 44.6 Å². The molecule has 8 heteroatoms. The molecule has 120 valence electrons. The van der Waals surface area contributed by atoms with Gasteiger partial charge in [-0.1, -0.05) is 34.5 Å². The maximum atomic E-state index is 6.29. The summed E-state index contributed by atoms with van der Waals surface area (Å²) in [6, 6.07) is 5.40. The summed E-state index contributed by atoms with van der Waals surface area (Å²) in [6.07, 6.45) is 2.29. The van der Waals surface area contributed by atoms with Crippen molar-refractivity contribution in [3.05, 3.63) is 34.1 Å². The predicted molar refractivity (Wildman–Crippen MR) is 93.6 cm³/mol. The molecule has 3 aromatic rings. The van der Waals surface area contributed by atoms with Gasteiger partial charge in [-0.2, -0.15) is 9.61 Å². The van der Waals surface area contributed by atoms with Crippen molar-refractivity contribution in [2.75, 3.05) is 20.1 Å². The molecule has 1 saturated heterocycles. The van der Waals surface area contributed by atoms with Gasteiger partial charge in [0.1, 0.15) is 5.01 Å². The molecule has 1 atom stereocenters. The van der Waals surface area contributed by atoms with Gasteiger partial charge < -0.3 is 4.90 Å². The third kappa shape index (κ3) is 2.85. The van der Waals surface area contributed by atoms with Crippen molar-refractivity contribution < 1.29 is 0 Å². The number of likely N-dealkylation sites (tertiary alicyclic amines) is 1. The number of piperidine rings is 1. The van der Waals surface area contributed by atoms with E-state index in [2.05, 4.69) is 22.1 Å². The number of aromatic nitrogens is 4. The summed E-state index contributed by atoms with van der Waals surface area (Å²) in [4.78, 5) is 3.12. The van der Waals surface area contributed by atoms with E-state index >= 15 is 0 Å². The number of fused-ring (bicyclic) bond motifs is 1. The van der Waals surface area contributed by atoms with E-state index in [-0.39, 0.29) is 0 Å². The maximum absolute atomic E-state index is 6.29. The van der Waals surface area contributed by atoms with Crippen LogP contribution in [0.5, 0.6) is 0 Å². The third-order valence-corrected chi connectivity index (χ3v) is 5.66. The van der Waals surface area contributed by atoms with Crippen LogP contribution < -0.4 is 0 Å². The van der Waals surface area contributed by atoms with E-state index in [4.69, 9.17) is 28.3 Å². The number of benzene rings is 1. The van der Waals surface area contributed by atoms with Crippen LogP contribution in [-0.4, -0.2) is 44.8 Å². The average molecular weight is 368 g/mol. The molecule has 0 bridgehead atoms. The van der Waals surface area contributed by atoms with Crippen LogP contribution in [0.2, 0.25) is 10.0 Å². The van der Waals surface area contributed by atoms with Gasteiger partial charge in [0, 0.05) is 23.0 Å². The molecule has 0 N–H and O–H groups in total. The van der Waals surface area contributed by atoms with E-state index in [1.165, 1.54) is 17.8 Å². The fourth-order valence-electron chi connectivity index (χ4n) is 3.03. The van der Waals surface area contributed by atoms with Crippen molar-refractivity contribution in [1.29, 1.82) is 0 Å². The predicted octanol–water partition coefficient (Wildman–Crippen LogP) is 3.97. The second-order valence-corrected chi connectivity index (χ2v) is 7.68. The molecule has 0 spiro atoms. The van der Waals surface area contributed by atoms with Crippen molar-refractivity contribution in [2.45, 2.75) is 18.8 Å². The zero-order valence-corrected chi connectivity index (χ0v) is 14.9. The van der Waals surface area contributed by atoms with Crippen LogP contribution in [0.4, 0.5) is 0 Å². The first kappa shape index (κ1) is 15.3. The Morgan fingerprint density at radius 2 is 2.13 bits per heavy atom. The van der Waals surface area contributed by atoms with Gasteiger partial charge in [0.25, 0.3) is 0 Å². The molecule has 1 aliphatic rings. The standard InChI is InChI=1S/C15H15Cl2N5S/c1-21-6-2-3-9(8-21)13-18-19-15-22(13)20-14(23-15)11-7-10(16)4-5-12(11)17/h4-5,7,9H,2-3,6,8H2,1H3. The van der Waals surface area contributed by atoms with Crippen LogP contribution in [0, 0.1) is 0 Å². The molecule has 3 heterocycles. The van der Waals surface area contributed by atoms with Crippen LogP contribution >= 0.6 is 34.5 Å². The van der Waals surface area contributed by atoms with Crippen LogP contribution in [0.1, 0.15) is 24.6 Å². The van der Waals surface area contributed by atoms with Gasteiger partial charge in [-0.25, -0.2) is 0 Å². The van der Waals surface area contributed by atoms with E-state index < -0.39 is 0 Å². The lowest BCUT2D eigenvalue weighted by Gasteiger charge is -2.28. The Labute approximate surface area is 147 Å². The molecule has 1 aromatic carbocycles. The molecule has 0 radical (unpaired) electrons. The van der Waals surface area contributed by atoms with E-state index in [0.717, 1.165) is 40.9 Å². The SMILES string of the molecule is CN1CCCC(c2nnc3sc(-c4cc(Cl)ccc4Cl)nn23)C1. The Morgan fingerprint density at radius 3 is 2.96 bits per heavy atom. The number of hydrogen-bond acceptors (Lipinski definition) is 5. The Bertz CT molecular complexity index is 859. The van der Waals surface area contributed by atoms with Gasteiger partial charge in [0.05, 0.1) is 5.02 Å². The highest BCUT2D eigenvalue weighted by Gasteiger charge is 2.25. The fraction of sp³-hybridized carbons (Fsp3) is 0.400. The number of hydrogen-bond donors (Lipinski definition) is 0. The van der Waals surface area contributed by atoms with Crippen LogP contribution in [-0.2, 0) is 0 Å². The summed E-state index contributed by atoms with van der Waals surface area (Å²) in [5.41, 5.74) is 0.835. The summed E-state index contributed by atoms with van der Waals surface area (Å²) in [5.74, 6) is 1.31.